The molecule has 248 valence electrons. The molecule has 5 rings (SSSR count). The molecule has 1 aromatic carbocycles. The maximum atomic E-state index is 13.7. The van der Waals surface area contributed by atoms with Crippen LogP contribution >= 0.6 is 11.6 Å². The van der Waals surface area contributed by atoms with E-state index in [-0.39, 0.29) is 6.10 Å². The van der Waals surface area contributed by atoms with Gasteiger partial charge >= 0.3 is 5.97 Å². The number of carbonyl (C=O) groups is 1. The van der Waals surface area contributed by atoms with Crippen molar-refractivity contribution in [1.82, 2.24) is 9.97 Å². The lowest BCUT2D eigenvalue weighted by Crippen LogP contribution is -2.40. The number of ether oxygens (including phenoxy) is 4. The molecule has 1 aliphatic carbocycles. The molecule has 0 N–H and O–H groups in total. The van der Waals surface area contributed by atoms with Gasteiger partial charge in [0.25, 0.3) is 0 Å². The highest BCUT2D eigenvalue weighted by molar-refractivity contribution is 6.32. The molecule has 2 aliphatic rings. The van der Waals surface area contributed by atoms with Gasteiger partial charge in [0.15, 0.2) is 6.10 Å². The summed E-state index contributed by atoms with van der Waals surface area (Å²) in [6.45, 7) is 14.0. The van der Waals surface area contributed by atoms with Crippen LogP contribution in [0.25, 0.3) is 11.3 Å². The van der Waals surface area contributed by atoms with E-state index < -0.39 is 17.7 Å². The number of pyridine rings is 2. The topological polar surface area (TPSA) is 83.0 Å². The van der Waals surface area contributed by atoms with Crippen molar-refractivity contribution in [2.24, 2.45) is 5.41 Å². The van der Waals surface area contributed by atoms with Crippen LogP contribution in [0.15, 0.2) is 48.8 Å². The summed E-state index contributed by atoms with van der Waals surface area (Å²) in [4.78, 5) is 25.7. The summed E-state index contributed by atoms with van der Waals surface area (Å²) < 4.78 is 23.9. The number of piperidine rings is 1. The van der Waals surface area contributed by atoms with Gasteiger partial charge in [0.2, 0.25) is 0 Å². The lowest BCUT2D eigenvalue weighted by molar-refractivity contribution is -0.171. The first-order valence-corrected chi connectivity index (χ1v) is 16.9. The van der Waals surface area contributed by atoms with E-state index in [9.17, 15) is 4.79 Å². The number of anilines is 1. The predicted octanol–water partition coefficient (Wildman–Crippen LogP) is 8.53. The fourth-order valence-corrected chi connectivity index (χ4v) is 6.84. The van der Waals surface area contributed by atoms with E-state index in [4.69, 9.17) is 40.5 Å². The molecule has 3 heterocycles. The Balaban J connectivity index is 1.45. The van der Waals surface area contributed by atoms with Gasteiger partial charge in [-0.25, -0.2) is 4.79 Å². The van der Waals surface area contributed by atoms with Crippen LogP contribution in [0.1, 0.15) is 90.5 Å². The highest BCUT2D eigenvalue weighted by Crippen LogP contribution is 2.49. The summed E-state index contributed by atoms with van der Waals surface area (Å²) in [5, 5.41) is 0.565. The first-order chi connectivity index (χ1) is 21.9. The maximum absolute atomic E-state index is 13.7. The molecule has 0 unspecified atom stereocenters. The largest absolute Gasteiger partial charge is 0.488 e. The molecule has 2 fully saturated rings. The minimum atomic E-state index is -0.937. The number of aromatic nitrogens is 2. The molecule has 1 saturated heterocycles. The molecule has 9 heteroatoms. The monoisotopic (exact) mass is 649 g/mol. The molecule has 2 aromatic heterocycles. The average Bonchev–Trinajstić information content (AvgIpc) is 3.46. The molecular weight excluding hydrogens is 602 g/mol. The third-order valence-corrected chi connectivity index (χ3v) is 9.16. The Hall–Kier alpha value is -3.36. The number of halogens is 1. The van der Waals surface area contributed by atoms with E-state index in [0.29, 0.717) is 35.2 Å². The molecular formula is C37H48ClN3O5. The van der Waals surface area contributed by atoms with E-state index >= 15 is 0 Å². The number of hydrogen-bond donors (Lipinski definition) is 0. The Morgan fingerprint density at radius 2 is 1.65 bits per heavy atom. The summed E-state index contributed by atoms with van der Waals surface area (Å²) in [6, 6.07) is 11.2. The van der Waals surface area contributed by atoms with E-state index in [1.807, 2.05) is 78.1 Å². The van der Waals surface area contributed by atoms with Crippen LogP contribution in [0.5, 0.6) is 11.5 Å². The number of carbonyl (C=O) groups excluding carboxylic acids is 1. The Bertz CT molecular complexity index is 1470. The number of nitrogens with zero attached hydrogens (tertiary/aromatic N) is 3. The maximum Gasteiger partial charge on any atom is 0.340 e. The van der Waals surface area contributed by atoms with Crippen LogP contribution in [0.4, 0.5) is 5.69 Å². The Labute approximate surface area is 278 Å². The van der Waals surface area contributed by atoms with E-state index in [1.165, 1.54) is 25.7 Å². The smallest absolute Gasteiger partial charge is 0.340 e. The standard InChI is InChI=1S/C37H48ClN3O5/c1-25(2)45-35(42)34(46-36(4,5)6)32-26(3)39-24-28(33(32)41-19-17-37(18-20-41)15-9-10-16-37)30-14-13-27(23-40-30)43-21-22-44-31-12-8-7-11-29(31)38/h7-8,11-14,23-25,34H,9-10,15-22H2,1-6H3/t34-/m0/s1. The number of benzene rings is 1. The Kier molecular flexibility index (Phi) is 10.8. The first kappa shape index (κ1) is 34.0. The van der Waals surface area contributed by atoms with Gasteiger partial charge < -0.3 is 23.8 Å². The minimum absolute atomic E-state index is 0.278. The van der Waals surface area contributed by atoms with Crippen molar-refractivity contribution in [1.29, 1.82) is 0 Å². The molecule has 0 radical (unpaired) electrons. The second kappa shape index (κ2) is 14.6. The molecule has 1 atom stereocenters. The van der Waals surface area contributed by atoms with Crippen molar-refractivity contribution in [2.75, 3.05) is 31.2 Å². The number of hydrogen-bond acceptors (Lipinski definition) is 8. The van der Waals surface area contributed by atoms with Crippen molar-refractivity contribution >= 4 is 23.3 Å². The van der Waals surface area contributed by atoms with E-state index in [2.05, 4.69) is 4.90 Å². The second-order valence-electron chi connectivity index (χ2n) is 13.8. The zero-order chi connectivity index (χ0) is 32.9. The second-order valence-corrected chi connectivity index (χ2v) is 14.2. The highest BCUT2D eigenvalue weighted by atomic mass is 35.5. The molecule has 1 saturated carbocycles. The third-order valence-electron chi connectivity index (χ3n) is 8.85. The predicted molar refractivity (Wildman–Crippen MR) is 182 cm³/mol. The summed E-state index contributed by atoms with van der Waals surface area (Å²) >= 11 is 6.19. The van der Waals surface area contributed by atoms with Crippen molar-refractivity contribution in [2.45, 2.75) is 97.9 Å². The normalized spacial score (nSPS) is 16.9. The zero-order valence-corrected chi connectivity index (χ0v) is 28.9. The van der Waals surface area contributed by atoms with Gasteiger partial charge in [-0.05, 0) is 96.9 Å². The van der Waals surface area contributed by atoms with E-state index in [0.717, 1.165) is 54.1 Å². The number of rotatable bonds is 11. The Morgan fingerprint density at radius 1 is 0.957 bits per heavy atom. The highest BCUT2D eigenvalue weighted by Gasteiger charge is 2.40. The van der Waals surface area contributed by atoms with Crippen molar-refractivity contribution < 1.29 is 23.7 Å². The molecule has 46 heavy (non-hydrogen) atoms. The summed E-state index contributed by atoms with van der Waals surface area (Å²) in [5.74, 6) is 0.844. The van der Waals surface area contributed by atoms with Gasteiger partial charge in [-0.3, -0.25) is 9.97 Å². The average molecular weight is 650 g/mol. The van der Waals surface area contributed by atoms with Crippen molar-refractivity contribution in [3.8, 4) is 22.8 Å². The lowest BCUT2D eigenvalue weighted by Gasteiger charge is -2.42. The summed E-state index contributed by atoms with van der Waals surface area (Å²) in [5.41, 5.74) is 3.89. The van der Waals surface area contributed by atoms with Gasteiger partial charge in [-0.2, -0.15) is 0 Å². The summed E-state index contributed by atoms with van der Waals surface area (Å²) in [6.07, 6.45) is 9.88. The van der Waals surface area contributed by atoms with Gasteiger partial charge in [0, 0.05) is 36.1 Å². The fourth-order valence-electron chi connectivity index (χ4n) is 6.65. The molecule has 0 amide bonds. The number of para-hydroxylation sites is 1. The molecule has 3 aromatic rings. The lowest BCUT2D eigenvalue weighted by atomic mass is 9.76. The van der Waals surface area contributed by atoms with Gasteiger partial charge in [-0.15, -0.1) is 0 Å². The van der Waals surface area contributed by atoms with Crippen LogP contribution in [-0.4, -0.2) is 53.9 Å². The summed E-state index contributed by atoms with van der Waals surface area (Å²) in [7, 11) is 0. The van der Waals surface area contributed by atoms with Crippen LogP contribution in [0.3, 0.4) is 0 Å². The van der Waals surface area contributed by atoms with Crippen LogP contribution in [0.2, 0.25) is 5.02 Å². The molecule has 1 spiro atoms. The van der Waals surface area contributed by atoms with Crippen LogP contribution in [-0.2, 0) is 14.3 Å². The minimum Gasteiger partial charge on any atom is -0.488 e. The fraction of sp³-hybridized carbons (Fsp3) is 0.541. The quantitative estimate of drug-likeness (QED) is 0.151. The van der Waals surface area contributed by atoms with Crippen LogP contribution < -0.4 is 14.4 Å². The third kappa shape index (κ3) is 8.31. The van der Waals surface area contributed by atoms with Gasteiger partial charge in [0.05, 0.1) is 34.3 Å². The zero-order valence-electron chi connectivity index (χ0n) is 28.1. The molecule has 1 aliphatic heterocycles. The van der Waals surface area contributed by atoms with Crippen molar-refractivity contribution in [3.63, 3.8) is 0 Å². The van der Waals surface area contributed by atoms with E-state index in [1.54, 1.807) is 12.3 Å². The van der Waals surface area contributed by atoms with Gasteiger partial charge in [-0.1, -0.05) is 36.6 Å². The number of esters is 1. The molecule has 0 bridgehead atoms. The Morgan fingerprint density at radius 3 is 2.28 bits per heavy atom. The van der Waals surface area contributed by atoms with Crippen LogP contribution in [0, 0.1) is 12.3 Å². The van der Waals surface area contributed by atoms with Gasteiger partial charge in [0.1, 0.15) is 24.7 Å². The molecule has 8 nitrogen and oxygen atoms in total. The SMILES string of the molecule is Cc1ncc(-c2ccc(OCCOc3ccccc3Cl)cn2)c(N2CCC3(CCCC3)CC2)c1[C@H](OC(C)(C)C)C(=O)OC(C)C. The van der Waals surface area contributed by atoms with Crippen molar-refractivity contribution in [3.05, 3.63) is 65.1 Å². The number of aryl methyl sites for hydroxylation is 1. The first-order valence-electron chi connectivity index (χ1n) is 16.5.